The maximum atomic E-state index is 12.5. The lowest BCUT2D eigenvalue weighted by Crippen LogP contribution is -2.41. The molecule has 21 heavy (non-hydrogen) atoms. The van der Waals surface area contributed by atoms with Crippen molar-refractivity contribution in [1.29, 1.82) is 0 Å². The van der Waals surface area contributed by atoms with Crippen LogP contribution in [-0.2, 0) is 15.7 Å². The predicted octanol–water partition coefficient (Wildman–Crippen LogP) is 2.48. The summed E-state index contributed by atoms with van der Waals surface area (Å²) in [4.78, 5) is 25.2. The zero-order valence-electron chi connectivity index (χ0n) is 11.3. The minimum Gasteiger partial charge on any atom is -0.467 e. The van der Waals surface area contributed by atoms with Gasteiger partial charge in [-0.3, -0.25) is 4.79 Å². The van der Waals surface area contributed by atoms with Crippen LogP contribution in [-0.4, -0.2) is 36.5 Å². The van der Waals surface area contributed by atoms with Crippen LogP contribution in [0.2, 0.25) is 0 Å². The molecule has 0 aromatic heterocycles. The van der Waals surface area contributed by atoms with E-state index in [1.807, 2.05) is 0 Å². The summed E-state index contributed by atoms with van der Waals surface area (Å²) in [6.45, 7) is 0.389. The molecule has 1 amide bonds. The Morgan fingerprint density at radius 1 is 1.24 bits per heavy atom. The van der Waals surface area contributed by atoms with Gasteiger partial charge in [0, 0.05) is 12.1 Å². The molecule has 1 aromatic carbocycles. The molecule has 7 heteroatoms. The van der Waals surface area contributed by atoms with Crippen LogP contribution in [0.15, 0.2) is 24.3 Å². The average molecular weight is 301 g/mol. The summed E-state index contributed by atoms with van der Waals surface area (Å²) in [6, 6.07) is 3.30. The van der Waals surface area contributed by atoms with Gasteiger partial charge >= 0.3 is 12.1 Å². The van der Waals surface area contributed by atoms with Gasteiger partial charge in [0.15, 0.2) is 0 Å². The standard InChI is InChI=1S/C14H14F3NO3/c1-21-13(20)11-3-2-8-18(11)12(19)9-4-6-10(7-5-9)14(15,16)17/h4-7,11H,2-3,8H2,1H3. The first kappa shape index (κ1) is 15.3. The molecule has 2 rings (SSSR count). The van der Waals surface area contributed by atoms with E-state index in [4.69, 9.17) is 0 Å². The van der Waals surface area contributed by atoms with Gasteiger partial charge in [-0.15, -0.1) is 0 Å². The van der Waals surface area contributed by atoms with Crippen LogP contribution in [0.25, 0.3) is 0 Å². The van der Waals surface area contributed by atoms with Crippen LogP contribution in [0.3, 0.4) is 0 Å². The number of carbonyl (C=O) groups is 2. The number of amides is 1. The van der Waals surface area contributed by atoms with Crippen molar-refractivity contribution in [1.82, 2.24) is 4.90 Å². The number of esters is 1. The lowest BCUT2D eigenvalue weighted by Gasteiger charge is -2.22. The third kappa shape index (κ3) is 3.17. The molecule has 1 atom stereocenters. The molecule has 1 unspecified atom stereocenters. The topological polar surface area (TPSA) is 46.6 Å². The second kappa shape index (κ2) is 5.75. The van der Waals surface area contributed by atoms with Crippen molar-refractivity contribution in [3.63, 3.8) is 0 Å². The largest absolute Gasteiger partial charge is 0.467 e. The van der Waals surface area contributed by atoms with Crippen molar-refractivity contribution < 1.29 is 27.5 Å². The summed E-state index contributed by atoms with van der Waals surface area (Å²) in [6.07, 6.45) is -3.28. The summed E-state index contributed by atoms with van der Waals surface area (Å²) in [7, 11) is 1.24. The molecular weight excluding hydrogens is 287 g/mol. The van der Waals surface area contributed by atoms with Gasteiger partial charge in [-0.25, -0.2) is 4.79 Å². The molecule has 1 aromatic rings. The lowest BCUT2D eigenvalue weighted by molar-refractivity contribution is -0.145. The zero-order chi connectivity index (χ0) is 15.6. The quantitative estimate of drug-likeness (QED) is 0.788. The number of halogens is 3. The normalized spacial score (nSPS) is 18.7. The lowest BCUT2D eigenvalue weighted by atomic mass is 10.1. The van der Waals surface area contributed by atoms with Crippen molar-refractivity contribution in [2.45, 2.75) is 25.1 Å². The van der Waals surface area contributed by atoms with E-state index in [1.54, 1.807) is 0 Å². The molecule has 0 spiro atoms. The van der Waals surface area contributed by atoms with E-state index < -0.39 is 29.7 Å². The van der Waals surface area contributed by atoms with E-state index in [0.29, 0.717) is 19.4 Å². The Bertz CT molecular complexity index is 539. The first-order chi connectivity index (χ1) is 9.84. The molecule has 0 aliphatic carbocycles. The fraction of sp³-hybridized carbons (Fsp3) is 0.429. The SMILES string of the molecule is COC(=O)C1CCCN1C(=O)c1ccc(C(F)(F)F)cc1. The minimum absolute atomic E-state index is 0.124. The van der Waals surface area contributed by atoms with Crippen molar-refractivity contribution >= 4 is 11.9 Å². The van der Waals surface area contributed by atoms with Crippen LogP contribution < -0.4 is 0 Å². The van der Waals surface area contributed by atoms with E-state index in [2.05, 4.69) is 4.74 Å². The molecule has 1 fully saturated rings. The molecular formula is C14H14F3NO3. The highest BCUT2D eigenvalue weighted by molar-refractivity contribution is 5.97. The Balaban J connectivity index is 2.18. The summed E-state index contributed by atoms with van der Waals surface area (Å²) in [5.74, 6) is -0.968. The van der Waals surface area contributed by atoms with E-state index >= 15 is 0 Å². The van der Waals surface area contributed by atoms with Gasteiger partial charge in [0.1, 0.15) is 6.04 Å². The predicted molar refractivity (Wildman–Crippen MR) is 67.5 cm³/mol. The Morgan fingerprint density at radius 3 is 2.38 bits per heavy atom. The smallest absolute Gasteiger partial charge is 0.416 e. The first-order valence-electron chi connectivity index (χ1n) is 6.40. The Hall–Kier alpha value is -2.05. The molecule has 1 aliphatic rings. The van der Waals surface area contributed by atoms with Crippen LogP contribution in [0.5, 0.6) is 0 Å². The monoisotopic (exact) mass is 301 g/mol. The van der Waals surface area contributed by atoms with Crippen molar-refractivity contribution in [3.8, 4) is 0 Å². The molecule has 4 nitrogen and oxygen atoms in total. The zero-order valence-corrected chi connectivity index (χ0v) is 11.3. The Labute approximate surface area is 119 Å². The van der Waals surface area contributed by atoms with Crippen molar-refractivity contribution in [2.75, 3.05) is 13.7 Å². The molecule has 1 aliphatic heterocycles. The van der Waals surface area contributed by atoms with Crippen molar-refractivity contribution in [2.24, 2.45) is 0 Å². The number of hydrogen-bond donors (Lipinski definition) is 0. The number of ether oxygens (including phenoxy) is 1. The third-order valence-electron chi connectivity index (χ3n) is 3.45. The minimum atomic E-state index is -4.44. The highest BCUT2D eigenvalue weighted by Gasteiger charge is 2.36. The first-order valence-corrected chi connectivity index (χ1v) is 6.40. The maximum absolute atomic E-state index is 12.5. The number of nitrogens with zero attached hydrogens (tertiary/aromatic N) is 1. The second-order valence-electron chi connectivity index (χ2n) is 4.75. The Morgan fingerprint density at radius 2 is 1.86 bits per heavy atom. The van der Waals surface area contributed by atoms with Gasteiger partial charge in [0.2, 0.25) is 0 Å². The second-order valence-corrected chi connectivity index (χ2v) is 4.75. The van der Waals surface area contributed by atoms with Crippen LogP contribution in [0.1, 0.15) is 28.8 Å². The number of carbonyl (C=O) groups excluding carboxylic acids is 2. The number of rotatable bonds is 2. The van der Waals surface area contributed by atoms with E-state index in [-0.39, 0.29) is 5.56 Å². The molecule has 0 N–H and O–H groups in total. The highest BCUT2D eigenvalue weighted by atomic mass is 19.4. The molecule has 1 heterocycles. The third-order valence-corrected chi connectivity index (χ3v) is 3.45. The number of alkyl halides is 3. The number of likely N-dealkylation sites (tertiary alicyclic amines) is 1. The van der Waals surface area contributed by atoms with Gasteiger partial charge in [0.25, 0.3) is 5.91 Å². The highest BCUT2D eigenvalue weighted by Crippen LogP contribution is 2.29. The summed E-state index contributed by atoms with van der Waals surface area (Å²) in [5, 5.41) is 0. The fourth-order valence-electron chi connectivity index (χ4n) is 2.36. The van der Waals surface area contributed by atoms with Gasteiger partial charge in [-0.1, -0.05) is 0 Å². The average Bonchev–Trinajstić information content (AvgIpc) is 2.94. The van der Waals surface area contributed by atoms with Crippen LogP contribution in [0, 0.1) is 0 Å². The number of benzene rings is 1. The molecule has 114 valence electrons. The van der Waals surface area contributed by atoms with Crippen LogP contribution in [0.4, 0.5) is 13.2 Å². The number of methoxy groups -OCH3 is 1. The summed E-state index contributed by atoms with van der Waals surface area (Å²) in [5.41, 5.74) is -0.691. The Kier molecular flexibility index (Phi) is 4.20. The van der Waals surface area contributed by atoms with Gasteiger partial charge in [0.05, 0.1) is 12.7 Å². The maximum Gasteiger partial charge on any atom is 0.416 e. The molecule has 0 saturated carbocycles. The van der Waals surface area contributed by atoms with Gasteiger partial charge in [-0.2, -0.15) is 13.2 Å². The molecule has 0 bridgehead atoms. The van der Waals surface area contributed by atoms with E-state index in [9.17, 15) is 22.8 Å². The van der Waals surface area contributed by atoms with Crippen LogP contribution >= 0.6 is 0 Å². The van der Waals surface area contributed by atoms with Gasteiger partial charge < -0.3 is 9.64 Å². The van der Waals surface area contributed by atoms with Crippen molar-refractivity contribution in [3.05, 3.63) is 35.4 Å². The van der Waals surface area contributed by atoms with Gasteiger partial charge in [-0.05, 0) is 37.1 Å². The molecule has 1 saturated heterocycles. The van der Waals surface area contributed by atoms with E-state index in [1.165, 1.54) is 12.0 Å². The summed E-state index contributed by atoms with van der Waals surface area (Å²) < 4.78 is 42.1. The van der Waals surface area contributed by atoms with E-state index in [0.717, 1.165) is 24.3 Å². The summed E-state index contributed by atoms with van der Waals surface area (Å²) >= 11 is 0. The fourth-order valence-corrected chi connectivity index (χ4v) is 2.36. The number of hydrogen-bond acceptors (Lipinski definition) is 3. The molecule has 0 radical (unpaired) electrons.